The van der Waals surface area contributed by atoms with Gasteiger partial charge in [-0.05, 0) is 56.1 Å². The summed E-state index contributed by atoms with van der Waals surface area (Å²) in [5, 5.41) is 2.96. The average molecular weight is 349 g/mol. The molecule has 4 rings (SSSR count). The highest BCUT2D eigenvalue weighted by Crippen LogP contribution is 2.31. The van der Waals surface area contributed by atoms with Crippen molar-refractivity contribution in [2.45, 2.75) is 32.4 Å². The highest BCUT2D eigenvalue weighted by atomic mass is 16.2. The highest BCUT2D eigenvalue weighted by molar-refractivity contribution is 5.78. The third kappa shape index (κ3) is 3.60. The van der Waals surface area contributed by atoms with Crippen LogP contribution in [0.25, 0.3) is 11.0 Å². The normalized spacial score (nSPS) is 17.7. The first-order chi connectivity index (χ1) is 12.7. The molecule has 0 spiro atoms. The van der Waals surface area contributed by atoms with E-state index in [1.807, 2.05) is 24.3 Å². The van der Waals surface area contributed by atoms with Crippen LogP contribution in [0.1, 0.15) is 36.0 Å². The molecule has 134 valence electrons. The van der Waals surface area contributed by atoms with Crippen molar-refractivity contribution >= 4 is 16.9 Å². The molecule has 3 aromatic rings. The van der Waals surface area contributed by atoms with E-state index in [1.165, 1.54) is 5.56 Å². The van der Waals surface area contributed by atoms with Gasteiger partial charge in [0.15, 0.2) is 0 Å². The number of hydrogen-bond acceptors (Lipinski definition) is 4. The number of aromatic amines is 1. The van der Waals surface area contributed by atoms with E-state index in [9.17, 15) is 4.79 Å². The van der Waals surface area contributed by atoms with E-state index in [4.69, 9.17) is 4.98 Å². The van der Waals surface area contributed by atoms with Crippen molar-refractivity contribution in [3.8, 4) is 0 Å². The van der Waals surface area contributed by atoms with Gasteiger partial charge in [0.25, 0.3) is 0 Å². The number of hydrogen-bond donors (Lipinski definition) is 2. The third-order valence-electron chi connectivity index (χ3n) is 4.87. The van der Waals surface area contributed by atoms with E-state index in [0.717, 1.165) is 41.9 Å². The minimum absolute atomic E-state index is 0.0227. The summed E-state index contributed by atoms with van der Waals surface area (Å²) in [6.45, 7) is 3.83. The second-order valence-electron chi connectivity index (χ2n) is 6.87. The fourth-order valence-electron chi connectivity index (χ4n) is 3.56. The van der Waals surface area contributed by atoms with Gasteiger partial charge < -0.3 is 10.3 Å². The SMILES string of the molecule is Cc1ccc2nc(C3CCCN3CC(=O)NCc3ccccn3)[nH]c2c1. The second-order valence-corrected chi connectivity index (χ2v) is 6.87. The van der Waals surface area contributed by atoms with Crippen LogP contribution in [0.15, 0.2) is 42.6 Å². The van der Waals surface area contributed by atoms with Gasteiger partial charge in [0.2, 0.25) is 5.91 Å². The van der Waals surface area contributed by atoms with Gasteiger partial charge in [-0.25, -0.2) is 4.98 Å². The zero-order valence-electron chi connectivity index (χ0n) is 14.9. The molecule has 3 heterocycles. The van der Waals surface area contributed by atoms with E-state index in [1.54, 1.807) is 6.20 Å². The van der Waals surface area contributed by atoms with Crippen LogP contribution in [0.5, 0.6) is 0 Å². The molecule has 26 heavy (non-hydrogen) atoms. The zero-order valence-corrected chi connectivity index (χ0v) is 14.9. The molecular formula is C20H23N5O. The summed E-state index contributed by atoms with van der Waals surface area (Å²) in [6.07, 6.45) is 3.84. The number of likely N-dealkylation sites (tertiary alicyclic amines) is 1. The Labute approximate surface area is 152 Å². The maximum absolute atomic E-state index is 12.4. The molecule has 2 aromatic heterocycles. The third-order valence-corrected chi connectivity index (χ3v) is 4.87. The Bertz CT molecular complexity index is 905. The molecule has 1 fully saturated rings. The van der Waals surface area contributed by atoms with Crippen molar-refractivity contribution in [3.05, 3.63) is 59.7 Å². The van der Waals surface area contributed by atoms with Crippen LogP contribution in [-0.2, 0) is 11.3 Å². The zero-order chi connectivity index (χ0) is 17.9. The molecule has 6 heteroatoms. The Morgan fingerprint density at radius 3 is 3.12 bits per heavy atom. The number of nitrogens with zero attached hydrogens (tertiary/aromatic N) is 3. The smallest absolute Gasteiger partial charge is 0.234 e. The van der Waals surface area contributed by atoms with Gasteiger partial charge in [0.1, 0.15) is 5.82 Å². The van der Waals surface area contributed by atoms with Crippen molar-refractivity contribution < 1.29 is 4.79 Å². The van der Waals surface area contributed by atoms with Gasteiger partial charge in [0.05, 0.1) is 35.9 Å². The molecule has 1 aromatic carbocycles. The molecule has 6 nitrogen and oxygen atoms in total. The Kier molecular flexibility index (Phi) is 4.67. The molecule has 1 atom stereocenters. The van der Waals surface area contributed by atoms with Gasteiger partial charge in [0, 0.05) is 6.20 Å². The molecular weight excluding hydrogens is 326 g/mol. The number of aryl methyl sites for hydroxylation is 1. The highest BCUT2D eigenvalue weighted by Gasteiger charge is 2.29. The summed E-state index contributed by atoms with van der Waals surface area (Å²) in [5.74, 6) is 0.982. The van der Waals surface area contributed by atoms with Crippen LogP contribution < -0.4 is 5.32 Å². The molecule has 0 radical (unpaired) electrons. The predicted octanol–water partition coefficient (Wildman–Crippen LogP) is 2.72. The molecule has 1 saturated heterocycles. The van der Waals surface area contributed by atoms with E-state index in [2.05, 4.69) is 39.2 Å². The number of carbonyl (C=O) groups is 1. The number of amides is 1. The Morgan fingerprint density at radius 1 is 1.35 bits per heavy atom. The topological polar surface area (TPSA) is 73.9 Å². The van der Waals surface area contributed by atoms with Gasteiger partial charge in [-0.3, -0.25) is 14.7 Å². The summed E-state index contributed by atoms with van der Waals surface area (Å²) < 4.78 is 0. The number of H-pyrrole nitrogens is 1. The molecule has 0 aliphatic carbocycles. The summed E-state index contributed by atoms with van der Waals surface area (Å²) in [5.41, 5.74) is 4.12. The Hall–Kier alpha value is -2.73. The summed E-state index contributed by atoms with van der Waals surface area (Å²) in [6, 6.07) is 12.1. The molecule has 1 aliphatic rings. The van der Waals surface area contributed by atoms with Crippen molar-refractivity contribution in [1.29, 1.82) is 0 Å². The average Bonchev–Trinajstić information content (AvgIpc) is 3.26. The van der Waals surface area contributed by atoms with Crippen LogP contribution >= 0.6 is 0 Å². The van der Waals surface area contributed by atoms with Crippen LogP contribution in [0, 0.1) is 6.92 Å². The van der Waals surface area contributed by atoms with Gasteiger partial charge >= 0.3 is 0 Å². The predicted molar refractivity (Wildman–Crippen MR) is 100 cm³/mol. The van der Waals surface area contributed by atoms with Gasteiger partial charge in [-0.15, -0.1) is 0 Å². The van der Waals surface area contributed by atoms with Crippen LogP contribution in [0.3, 0.4) is 0 Å². The quantitative estimate of drug-likeness (QED) is 0.743. The second kappa shape index (κ2) is 7.25. The van der Waals surface area contributed by atoms with Gasteiger partial charge in [-0.2, -0.15) is 0 Å². The van der Waals surface area contributed by atoms with E-state index in [0.29, 0.717) is 13.1 Å². The Balaban J connectivity index is 1.41. The lowest BCUT2D eigenvalue weighted by Gasteiger charge is -2.22. The van der Waals surface area contributed by atoms with Crippen molar-refractivity contribution in [1.82, 2.24) is 25.2 Å². The lowest BCUT2D eigenvalue weighted by atomic mass is 10.2. The number of aromatic nitrogens is 3. The first kappa shape index (κ1) is 16.7. The maximum atomic E-state index is 12.4. The minimum atomic E-state index is 0.0227. The summed E-state index contributed by atoms with van der Waals surface area (Å²) >= 11 is 0. The number of imidazole rings is 1. The Morgan fingerprint density at radius 2 is 2.27 bits per heavy atom. The summed E-state index contributed by atoms with van der Waals surface area (Å²) in [4.78, 5) is 27.0. The number of rotatable bonds is 5. The molecule has 1 unspecified atom stereocenters. The van der Waals surface area contributed by atoms with Crippen LogP contribution in [0.2, 0.25) is 0 Å². The van der Waals surface area contributed by atoms with Crippen molar-refractivity contribution in [3.63, 3.8) is 0 Å². The molecule has 2 N–H and O–H groups in total. The fourth-order valence-corrected chi connectivity index (χ4v) is 3.56. The number of benzene rings is 1. The monoisotopic (exact) mass is 349 g/mol. The fraction of sp³-hybridized carbons (Fsp3) is 0.350. The summed E-state index contributed by atoms with van der Waals surface area (Å²) in [7, 11) is 0. The van der Waals surface area contributed by atoms with E-state index >= 15 is 0 Å². The number of pyridine rings is 1. The number of fused-ring (bicyclic) bond motifs is 1. The first-order valence-electron chi connectivity index (χ1n) is 9.06. The first-order valence-corrected chi connectivity index (χ1v) is 9.06. The molecule has 1 amide bonds. The van der Waals surface area contributed by atoms with Crippen molar-refractivity contribution in [2.24, 2.45) is 0 Å². The standard InChI is InChI=1S/C20H23N5O/c1-14-7-8-16-17(11-14)24-20(23-16)18-6-4-10-25(18)13-19(26)22-12-15-5-2-3-9-21-15/h2-3,5,7-9,11,18H,4,6,10,12-13H2,1H3,(H,22,26)(H,23,24). The minimum Gasteiger partial charge on any atom is -0.349 e. The van der Waals surface area contributed by atoms with Crippen molar-refractivity contribution in [2.75, 3.05) is 13.1 Å². The lowest BCUT2D eigenvalue weighted by molar-refractivity contribution is -0.122. The number of nitrogens with one attached hydrogen (secondary N) is 2. The van der Waals surface area contributed by atoms with Gasteiger partial charge in [-0.1, -0.05) is 12.1 Å². The maximum Gasteiger partial charge on any atom is 0.234 e. The molecule has 1 aliphatic heterocycles. The van der Waals surface area contributed by atoms with Crippen LogP contribution in [0.4, 0.5) is 0 Å². The largest absolute Gasteiger partial charge is 0.349 e. The lowest BCUT2D eigenvalue weighted by Crippen LogP contribution is -2.37. The number of carbonyl (C=O) groups excluding carboxylic acids is 1. The molecule has 0 bridgehead atoms. The molecule has 0 saturated carbocycles. The van der Waals surface area contributed by atoms with E-state index in [-0.39, 0.29) is 11.9 Å². The van der Waals surface area contributed by atoms with Crippen LogP contribution in [-0.4, -0.2) is 38.8 Å². The van der Waals surface area contributed by atoms with E-state index < -0.39 is 0 Å².